The lowest BCUT2D eigenvalue weighted by Gasteiger charge is -2.10. The molecule has 2 aromatic heterocycles. The highest BCUT2D eigenvalue weighted by Gasteiger charge is 2.09. The van der Waals surface area contributed by atoms with Crippen molar-refractivity contribution in [2.24, 2.45) is 0 Å². The fourth-order valence-electron chi connectivity index (χ4n) is 3.02. The third-order valence-corrected chi connectivity index (χ3v) is 4.39. The summed E-state index contributed by atoms with van der Waals surface area (Å²) < 4.78 is 7.21. The monoisotopic (exact) mass is 416 g/mol. The van der Waals surface area contributed by atoms with Gasteiger partial charge in [-0.05, 0) is 43.3 Å². The van der Waals surface area contributed by atoms with Gasteiger partial charge in [-0.3, -0.25) is 9.59 Å². The van der Waals surface area contributed by atoms with Crippen LogP contribution < -0.4 is 15.4 Å². The zero-order valence-corrected chi connectivity index (χ0v) is 17.0. The minimum atomic E-state index is -0.305. The molecule has 0 saturated heterocycles. The molecule has 9 nitrogen and oxygen atoms in total. The lowest BCUT2D eigenvalue weighted by molar-refractivity contribution is -0.118. The van der Waals surface area contributed by atoms with Gasteiger partial charge in [-0.25, -0.2) is 0 Å². The lowest BCUT2D eigenvalue weighted by Crippen LogP contribution is -2.20. The highest BCUT2D eigenvalue weighted by molar-refractivity contribution is 5.92. The molecule has 2 aromatic carbocycles. The first-order valence-electron chi connectivity index (χ1n) is 9.58. The highest BCUT2D eigenvalue weighted by atomic mass is 16.5. The molecular formula is C22H20N6O3. The molecule has 4 rings (SSSR count). The molecule has 0 atom stereocenters. The predicted molar refractivity (Wildman–Crippen MR) is 116 cm³/mol. The van der Waals surface area contributed by atoms with E-state index in [4.69, 9.17) is 4.74 Å². The Morgan fingerprint density at radius 3 is 2.55 bits per heavy atom. The van der Waals surface area contributed by atoms with Crippen LogP contribution in [0.25, 0.3) is 16.9 Å². The van der Waals surface area contributed by atoms with Crippen molar-refractivity contribution in [2.75, 3.05) is 17.2 Å². The second-order valence-corrected chi connectivity index (χ2v) is 6.86. The number of ether oxygens (including phenoxy) is 1. The fraction of sp³-hybridized carbons (Fsp3) is 0.136. The molecule has 4 aromatic rings. The van der Waals surface area contributed by atoms with Gasteiger partial charge in [-0.15, -0.1) is 10.2 Å². The van der Waals surface area contributed by atoms with Gasteiger partial charge in [0.15, 0.2) is 18.1 Å². The number of amides is 2. The van der Waals surface area contributed by atoms with Crippen molar-refractivity contribution in [3.63, 3.8) is 0 Å². The van der Waals surface area contributed by atoms with E-state index in [0.29, 0.717) is 28.6 Å². The Balaban J connectivity index is 1.42. The first-order chi connectivity index (χ1) is 15.0. The Morgan fingerprint density at radius 2 is 1.74 bits per heavy atom. The van der Waals surface area contributed by atoms with E-state index in [0.717, 1.165) is 11.3 Å². The summed E-state index contributed by atoms with van der Waals surface area (Å²) in [6.07, 6.45) is 0. The van der Waals surface area contributed by atoms with Crippen molar-refractivity contribution in [1.82, 2.24) is 19.8 Å². The lowest BCUT2D eigenvalue weighted by atomic mass is 10.1. The van der Waals surface area contributed by atoms with Gasteiger partial charge >= 0.3 is 0 Å². The van der Waals surface area contributed by atoms with E-state index in [1.54, 1.807) is 34.8 Å². The van der Waals surface area contributed by atoms with Gasteiger partial charge < -0.3 is 15.4 Å². The predicted octanol–water partition coefficient (Wildman–Crippen LogP) is 3.08. The van der Waals surface area contributed by atoms with E-state index in [-0.39, 0.29) is 18.4 Å². The van der Waals surface area contributed by atoms with E-state index in [1.807, 2.05) is 37.3 Å². The van der Waals surface area contributed by atoms with Crippen molar-refractivity contribution < 1.29 is 14.3 Å². The topological polar surface area (TPSA) is 111 Å². The van der Waals surface area contributed by atoms with Crippen molar-refractivity contribution in [3.8, 4) is 17.0 Å². The third-order valence-electron chi connectivity index (χ3n) is 4.39. The molecule has 0 radical (unpaired) electrons. The van der Waals surface area contributed by atoms with Gasteiger partial charge in [0.2, 0.25) is 5.91 Å². The largest absolute Gasteiger partial charge is 0.484 e. The van der Waals surface area contributed by atoms with E-state index in [2.05, 4.69) is 25.9 Å². The standard InChI is InChI=1S/C22H20N6O3/c1-14-25-26-21-10-9-20(27-28(14)21)16-5-3-6-17(11-16)24-22(30)13-31-19-8-4-7-18(12-19)23-15(2)29/h3-12H,13H2,1-2H3,(H,23,29)(H,24,30). The number of hydrogen-bond donors (Lipinski definition) is 2. The SMILES string of the molecule is CC(=O)Nc1cccc(OCC(=O)Nc2cccc(-c3ccc4nnc(C)n4n3)c2)c1. The molecule has 0 aliphatic carbocycles. The molecule has 0 fully saturated rings. The highest BCUT2D eigenvalue weighted by Crippen LogP contribution is 2.22. The Morgan fingerprint density at radius 1 is 0.968 bits per heavy atom. The Hall–Kier alpha value is -4.27. The summed E-state index contributed by atoms with van der Waals surface area (Å²) >= 11 is 0. The molecule has 2 heterocycles. The van der Waals surface area contributed by atoms with Crippen LogP contribution in [0.3, 0.4) is 0 Å². The molecule has 0 bridgehead atoms. The van der Waals surface area contributed by atoms with Gasteiger partial charge in [0, 0.05) is 29.9 Å². The minimum Gasteiger partial charge on any atom is -0.484 e. The van der Waals surface area contributed by atoms with Gasteiger partial charge in [0.1, 0.15) is 5.75 Å². The number of anilines is 2. The normalized spacial score (nSPS) is 10.6. The van der Waals surface area contributed by atoms with Crippen molar-refractivity contribution >= 4 is 28.8 Å². The van der Waals surface area contributed by atoms with Crippen LogP contribution >= 0.6 is 0 Å². The van der Waals surface area contributed by atoms with Crippen LogP contribution in [0.5, 0.6) is 5.75 Å². The summed E-state index contributed by atoms with van der Waals surface area (Å²) in [6.45, 7) is 3.09. The van der Waals surface area contributed by atoms with Crippen molar-refractivity contribution in [2.45, 2.75) is 13.8 Å². The smallest absolute Gasteiger partial charge is 0.262 e. The zero-order valence-electron chi connectivity index (χ0n) is 17.0. The van der Waals surface area contributed by atoms with E-state index in [9.17, 15) is 9.59 Å². The van der Waals surface area contributed by atoms with Crippen LogP contribution in [0.4, 0.5) is 11.4 Å². The van der Waals surface area contributed by atoms with Crippen molar-refractivity contribution in [3.05, 3.63) is 66.5 Å². The second-order valence-electron chi connectivity index (χ2n) is 6.86. The van der Waals surface area contributed by atoms with Crippen LogP contribution in [0, 0.1) is 6.92 Å². The molecule has 9 heteroatoms. The summed E-state index contributed by atoms with van der Waals surface area (Å²) in [6, 6.07) is 17.9. The molecular weight excluding hydrogens is 396 g/mol. The number of carbonyl (C=O) groups is 2. The summed E-state index contributed by atoms with van der Waals surface area (Å²) in [7, 11) is 0. The number of carbonyl (C=O) groups excluding carboxylic acids is 2. The molecule has 31 heavy (non-hydrogen) atoms. The number of aryl methyl sites for hydroxylation is 1. The van der Waals surface area contributed by atoms with E-state index < -0.39 is 0 Å². The van der Waals surface area contributed by atoms with Gasteiger partial charge in [-0.2, -0.15) is 9.61 Å². The zero-order chi connectivity index (χ0) is 21.8. The maximum Gasteiger partial charge on any atom is 0.262 e. The van der Waals surface area contributed by atoms with Gasteiger partial charge in [-0.1, -0.05) is 18.2 Å². The van der Waals surface area contributed by atoms with Crippen LogP contribution in [0.2, 0.25) is 0 Å². The molecule has 0 aliphatic rings. The number of aromatic nitrogens is 4. The van der Waals surface area contributed by atoms with Gasteiger partial charge in [0.25, 0.3) is 5.91 Å². The maximum absolute atomic E-state index is 12.3. The number of nitrogens with zero attached hydrogens (tertiary/aromatic N) is 4. The van der Waals surface area contributed by atoms with Crippen LogP contribution in [0.1, 0.15) is 12.7 Å². The summed E-state index contributed by atoms with van der Waals surface area (Å²) in [4.78, 5) is 23.5. The fourth-order valence-corrected chi connectivity index (χ4v) is 3.02. The molecule has 0 aliphatic heterocycles. The first-order valence-corrected chi connectivity index (χ1v) is 9.58. The van der Waals surface area contributed by atoms with E-state index in [1.165, 1.54) is 6.92 Å². The Labute approximate surface area is 178 Å². The summed E-state index contributed by atoms with van der Waals surface area (Å²) in [5.41, 5.74) is 3.48. The number of rotatable bonds is 6. The van der Waals surface area contributed by atoms with E-state index >= 15 is 0 Å². The minimum absolute atomic E-state index is 0.169. The van der Waals surface area contributed by atoms with Crippen LogP contribution in [-0.2, 0) is 9.59 Å². The summed E-state index contributed by atoms with van der Waals surface area (Å²) in [5, 5.41) is 18.1. The maximum atomic E-state index is 12.3. The molecule has 0 saturated carbocycles. The number of hydrogen-bond acceptors (Lipinski definition) is 6. The number of fused-ring (bicyclic) bond motifs is 1. The Bertz CT molecular complexity index is 1270. The molecule has 0 spiro atoms. The molecule has 2 amide bonds. The second kappa shape index (κ2) is 8.62. The average Bonchev–Trinajstić information content (AvgIpc) is 3.12. The first kappa shape index (κ1) is 20.0. The Kier molecular flexibility index (Phi) is 5.57. The van der Waals surface area contributed by atoms with Crippen molar-refractivity contribution in [1.29, 1.82) is 0 Å². The molecule has 0 unspecified atom stereocenters. The van der Waals surface area contributed by atoms with Crippen LogP contribution in [-0.4, -0.2) is 38.2 Å². The summed E-state index contributed by atoms with van der Waals surface area (Å²) in [5.74, 6) is 0.695. The van der Waals surface area contributed by atoms with Crippen LogP contribution in [0.15, 0.2) is 60.7 Å². The number of nitrogens with one attached hydrogen (secondary N) is 2. The van der Waals surface area contributed by atoms with Gasteiger partial charge in [0.05, 0.1) is 5.69 Å². The average molecular weight is 416 g/mol. The molecule has 156 valence electrons. The third kappa shape index (κ3) is 4.84. The quantitative estimate of drug-likeness (QED) is 0.500. The number of benzene rings is 2. The molecule has 2 N–H and O–H groups in total.